The molecule has 2 nitrogen and oxygen atoms in total. The van der Waals surface area contributed by atoms with Crippen LogP contribution in [-0.4, -0.2) is 16.8 Å². The minimum absolute atomic E-state index is 0.106. The van der Waals surface area contributed by atoms with Crippen LogP contribution in [0.3, 0.4) is 0 Å². The second-order valence-electron chi connectivity index (χ2n) is 4.10. The lowest BCUT2D eigenvalue weighted by atomic mass is 10.1. The molecule has 0 heterocycles. The molecule has 0 aliphatic heterocycles. The smallest absolute Gasteiger partial charge is 0.0681 e. The molecular weight excluding hydrogens is 248 g/mol. The van der Waals surface area contributed by atoms with E-state index >= 15 is 0 Å². The standard InChI is InChI=1S/2C9H10O/c1-2-8-3-5-9(7-10)6-4-8;10-8-4-7-9-5-2-1-3-6-9/h2-6,10H,1,7H2;1-7,10H,8H2. The fourth-order valence-corrected chi connectivity index (χ4v) is 1.51. The van der Waals surface area contributed by atoms with E-state index in [-0.39, 0.29) is 13.2 Å². The highest BCUT2D eigenvalue weighted by atomic mass is 16.3. The Morgan fingerprint density at radius 2 is 1.50 bits per heavy atom. The van der Waals surface area contributed by atoms with Crippen molar-refractivity contribution in [2.45, 2.75) is 6.61 Å². The molecule has 0 radical (unpaired) electrons. The van der Waals surface area contributed by atoms with Crippen molar-refractivity contribution < 1.29 is 10.2 Å². The molecule has 2 N–H and O–H groups in total. The minimum atomic E-state index is 0.106. The molecule has 20 heavy (non-hydrogen) atoms. The Kier molecular flexibility index (Phi) is 7.73. The largest absolute Gasteiger partial charge is 0.392 e. The Hall–Kier alpha value is -2.16. The molecule has 0 amide bonds. The molecule has 0 spiro atoms. The fraction of sp³-hybridized carbons (Fsp3) is 0.111. The highest BCUT2D eigenvalue weighted by Gasteiger charge is 1.87. The molecule has 2 aromatic carbocycles. The van der Waals surface area contributed by atoms with E-state index in [2.05, 4.69) is 6.58 Å². The molecule has 0 saturated heterocycles. The van der Waals surface area contributed by atoms with Gasteiger partial charge in [-0.1, -0.05) is 79.4 Å². The molecule has 0 saturated carbocycles. The zero-order chi connectivity index (χ0) is 14.6. The van der Waals surface area contributed by atoms with Crippen LogP contribution in [0.25, 0.3) is 12.2 Å². The topological polar surface area (TPSA) is 40.5 Å². The number of benzene rings is 2. The summed E-state index contributed by atoms with van der Waals surface area (Å²) in [6.07, 6.45) is 5.39. The van der Waals surface area contributed by atoms with Crippen LogP contribution in [0, 0.1) is 0 Å². The van der Waals surface area contributed by atoms with Crippen molar-refractivity contribution in [2.75, 3.05) is 6.61 Å². The van der Waals surface area contributed by atoms with E-state index in [9.17, 15) is 0 Å². The van der Waals surface area contributed by atoms with Gasteiger partial charge in [-0.05, 0) is 16.7 Å². The molecule has 0 fully saturated rings. The highest BCUT2D eigenvalue weighted by Crippen LogP contribution is 2.04. The zero-order valence-corrected chi connectivity index (χ0v) is 11.4. The van der Waals surface area contributed by atoms with Gasteiger partial charge in [-0.25, -0.2) is 0 Å². The molecule has 0 aliphatic carbocycles. The summed E-state index contributed by atoms with van der Waals surface area (Å²) in [5.74, 6) is 0. The predicted molar refractivity (Wildman–Crippen MR) is 85.0 cm³/mol. The zero-order valence-electron chi connectivity index (χ0n) is 11.4. The van der Waals surface area contributed by atoms with Crippen LogP contribution in [0.4, 0.5) is 0 Å². The van der Waals surface area contributed by atoms with Gasteiger partial charge in [0.25, 0.3) is 0 Å². The van der Waals surface area contributed by atoms with Crippen molar-refractivity contribution in [3.8, 4) is 0 Å². The second-order valence-corrected chi connectivity index (χ2v) is 4.10. The highest BCUT2D eigenvalue weighted by molar-refractivity contribution is 5.48. The maximum Gasteiger partial charge on any atom is 0.0681 e. The molecule has 0 aromatic heterocycles. The van der Waals surface area contributed by atoms with Gasteiger partial charge in [0.1, 0.15) is 0 Å². The first-order valence-corrected chi connectivity index (χ1v) is 6.45. The van der Waals surface area contributed by atoms with Crippen LogP contribution in [0.15, 0.2) is 67.3 Å². The van der Waals surface area contributed by atoms with E-state index in [4.69, 9.17) is 10.2 Å². The van der Waals surface area contributed by atoms with Crippen molar-refractivity contribution in [1.82, 2.24) is 0 Å². The molecule has 2 aromatic rings. The van der Waals surface area contributed by atoms with E-state index in [0.29, 0.717) is 0 Å². The van der Waals surface area contributed by atoms with Gasteiger partial charge in [-0.3, -0.25) is 0 Å². The lowest BCUT2D eigenvalue weighted by molar-refractivity contribution is 0.282. The summed E-state index contributed by atoms with van der Waals surface area (Å²) in [4.78, 5) is 0. The quantitative estimate of drug-likeness (QED) is 0.890. The fourth-order valence-electron chi connectivity index (χ4n) is 1.51. The first kappa shape index (κ1) is 15.9. The molecule has 0 unspecified atom stereocenters. The third-order valence-electron chi connectivity index (χ3n) is 2.61. The maximum absolute atomic E-state index is 8.68. The molecule has 0 aliphatic rings. The molecule has 0 atom stereocenters. The number of hydrogen-bond donors (Lipinski definition) is 2. The molecule has 2 rings (SSSR count). The van der Waals surface area contributed by atoms with Crippen LogP contribution < -0.4 is 0 Å². The van der Waals surface area contributed by atoms with Gasteiger partial charge in [0.2, 0.25) is 0 Å². The molecule has 2 heteroatoms. The summed E-state index contributed by atoms with van der Waals surface area (Å²) < 4.78 is 0. The van der Waals surface area contributed by atoms with Crippen molar-refractivity contribution in [3.05, 3.63) is 83.9 Å². The van der Waals surface area contributed by atoms with E-state index in [1.807, 2.05) is 60.7 Å². The third kappa shape index (κ3) is 6.14. The van der Waals surface area contributed by atoms with Crippen LogP contribution >= 0.6 is 0 Å². The van der Waals surface area contributed by atoms with Gasteiger partial charge < -0.3 is 10.2 Å². The monoisotopic (exact) mass is 268 g/mol. The van der Waals surface area contributed by atoms with Crippen LogP contribution in [0.2, 0.25) is 0 Å². The van der Waals surface area contributed by atoms with E-state index < -0.39 is 0 Å². The first-order valence-electron chi connectivity index (χ1n) is 6.45. The van der Waals surface area contributed by atoms with Crippen LogP contribution in [0.5, 0.6) is 0 Å². The van der Waals surface area contributed by atoms with Gasteiger partial charge in [-0.15, -0.1) is 0 Å². The average molecular weight is 268 g/mol. The summed E-state index contributed by atoms with van der Waals surface area (Å²) in [6, 6.07) is 17.5. The van der Waals surface area contributed by atoms with Crippen molar-refractivity contribution >= 4 is 12.2 Å². The van der Waals surface area contributed by atoms with E-state index in [1.165, 1.54) is 0 Å². The molecule has 0 bridgehead atoms. The summed E-state index contributed by atoms with van der Waals surface area (Å²) >= 11 is 0. The second kappa shape index (κ2) is 9.73. The van der Waals surface area contributed by atoms with Crippen molar-refractivity contribution in [1.29, 1.82) is 0 Å². The third-order valence-corrected chi connectivity index (χ3v) is 2.61. The van der Waals surface area contributed by atoms with Gasteiger partial charge in [0, 0.05) is 0 Å². The SMILES string of the molecule is C=Cc1ccc(CO)cc1.OCC=Cc1ccccc1. The minimum Gasteiger partial charge on any atom is -0.392 e. The van der Waals surface area contributed by atoms with E-state index in [0.717, 1.165) is 16.7 Å². The summed E-state index contributed by atoms with van der Waals surface area (Å²) in [6.45, 7) is 3.84. The van der Waals surface area contributed by atoms with E-state index in [1.54, 1.807) is 12.2 Å². The number of hydrogen-bond acceptors (Lipinski definition) is 2. The summed E-state index contributed by atoms with van der Waals surface area (Å²) in [7, 11) is 0. The summed E-state index contributed by atoms with van der Waals surface area (Å²) in [5.41, 5.74) is 3.14. The Labute approximate surface area is 120 Å². The van der Waals surface area contributed by atoms with Crippen molar-refractivity contribution in [3.63, 3.8) is 0 Å². The maximum atomic E-state index is 8.68. The summed E-state index contributed by atoms with van der Waals surface area (Å²) in [5, 5.41) is 17.1. The normalized spacial score (nSPS) is 9.90. The van der Waals surface area contributed by atoms with Gasteiger partial charge >= 0.3 is 0 Å². The Bertz CT molecular complexity index is 513. The lowest BCUT2D eigenvalue weighted by Crippen LogP contribution is -1.80. The van der Waals surface area contributed by atoms with Gasteiger partial charge in [0.05, 0.1) is 13.2 Å². The number of aliphatic hydroxyl groups is 2. The molecular formula is C18H20O2. The Balaban J connectivity index is 0.000000200. The van der Waals surface area contributed by atoms with Crippen molar-refractivity contribution in [2.24, 2.45) is 0 Å². The lowest BCUT2D eigenvalue weighted by Gasteiger charge is -1.94. The van der Waals surface area contributed by atoms with Crippen LogP contribution in [0.1, 0.15) is 16.7 Å². The average Bonchev–Trinajstić information content (AvgIpc) is 2.54. The Morgan fingerprint density at radius 3 is 2.00 bits per heavy atom. The van der Waals surface area contributed by atoms with Gasteiger partial charge in [-0.2, -0.15) is 0 Å². The van der Waals surface area contributed by atoms with Gasteiger partial charge in [0.15, 0.2) is 0 Å². The number of rotatable bonds is 4. The molecule has 104 valence electrons. The predicted octanol–water partition coefficient (Wildman–Crippen LogP) is 3.51. The van der Waals surface area contributed by atoms with Crippen LogP contribution in [-0.2, 0) is 6.61 Å². The Morgan fingerprint density at radius 1 is 0.850 bits per heavy atom. The number of aliphatic hydroxyl groups excluding tert-OH is 2. The first-order chi connectivity index (χ1) is 9.80.